The molecule has 1 aromatic heterocycles. The van der Waals surface area contributed by atoms with Crippen LogP contribution in [0, 0.1) is 5.92 Å². The lowest BCUT2D eigenvalue weighted by Crippen LogP contribution is -2.41. The Labute approximate surface area is 121 Å². The molecule has 3 rings (SSSR count). The fraction of sp³-hybridized carbons (Fsp3) is 0.357. The highest BCUT2D eigenvalue weighted by molar-refractivity contribution is 6.31. The van der Waals surface area contributed by atoms with Gasteiger partial charge in [-0.25, -0.2) is 9.97 Å². The molecule has 0 aliphatic carbocycles. The molecular weight excluding hydrogens is 276 g/mol. The number of fused-ring (bicyclic) bond motifs is 1. The van der Waals surface area contributed by atoms with Gasteiger partial charge >= 0.3 is 0 Å². The molecule has 2 heterocycles. The number of benzene rings is 1. The monoisotopic (exact) mass is 290 g/mol. The van der Waals surface area contributed by atoms with Crippen LogP contribution in [0.1, 0.15) is 12.8 Å². The Morgan fingerprint density at radius 1 is 1.40 bits per heavy atom. The third-order valence-electron chi connectivity index (χ3n) is 3.70. The van der Waals surface area contributed by atoms with Crippen molar-refractivity contribution in [1.82, 2.24) is 9.97 Å². The molecule has 0 spiro atoms. The van der Waals surface area contributed by atoms with Crippen molar-refractivity contribution in [3.8, 4) is 0 Å². The molecular formula is C14H15ClN4O. The van der Waals surface area contributed by atoms with Crippen LogP contribution in [-0.4, -0.2) is 29.0 Å². The SMILES string of the molecule is NC(=O)[C@@H]1CCCN(c2ncnc3cc(Cl)ccc23)C1. The van der Waals surface area contributed by atoms with Crippen LogP contribution in [0.25, 0.3) is 10.9 Å². The van der Waals surface area contributed by atoms with Gasteiger partial charge in [0.05, 0.1) is 11.4 Å². The van der Waals surface area contributed by atoms with Gasteiger partial charge in [-0.05, 0) is 31.0 Å². The fourth-order valence-electron chi connectivity index (χ4n) is 2.67. The Bertz CT molecular complexity index is 661. The second-order valence-corrected chi connectivity index (χ2v) is 5.48. The molecule has 0 unspecified atom stereocenters. The number of rotatable bonds is 2. The molecule has 6 heteroatoms. The summed E-state index contributed by atoms with van der Waals surface area (Å²) < 4.78 is 0. The minimum Gasteiger partial charge on any atom is -0.369 e. The van der Waals surface area contributed by atoms with E-state index in [-0.39, 0.29) is 11.8 Å². The molecule has 1 fully saturated rings. The van der Waals surface area contributed by atoms with Gasteiger partial charge in [-0.2, -0.15) is 0 Å². The van der Waals surface area contributed by atoms with E-state index in [1.165, 1.54) is 6.33 Å². The summed E-state index contributed by atoms with van der Waals surface area (Å²) in [6, 6.07) is 5.56. The number of anilines is 1. The molecule has 1 aliphatic rings. The number of piperidine rings is 1. The molecule has 1 saturated heterocycles. The van der Waals surface area contributed by atoms with Crippen molar-refractivity contribution in [1.29, 1.82) is 0 Å². The predicted molar refractivity (Wildman–Crippen MR) is 78.7 cm³/mol. The number of nitrogens with two attached hydrogens (primary N) is 1. The number of nitrogens with zero attached hydrogens (tertiary/aromatic N) is 3. The number of carbonyl (C=O) groups is 1. The van der Waals surface area contributed by atoms with Crippen molar-refractivity contribution in [3.05, 3.63) is 29.5 Å². The van der Waals surface area contributed by atoms with Crippen molar-refractivity contribution in [2.45, 2.75) is 12.8 Å². The normalized spacial score (nSPS) is 19.2. The van der Waals surface area contributed by atoms with Crippen LogP contribution in [0.15, 0.2) is 24.5 Å². The van der Waals surface area contributed by atoms with Crippen molar-refractivity contribution in [2.75, 3.05) is 18.0 Å². The molecule has 5 nitrogen and oxygen atoms in total. The highest BCUT2D eigenvalue weighted by Gasteiger charge is 2.25. The van der Waals surface area contributed by atoms with E-state index in [1.807, 2.05) is 18.2 Å². The smallest absolute Gasteiger partial charge is 0.222 e. The van der Waals surface area contributed by atoms with Crippen molar-refractivity contribution >= 4 is 34.2 Å². The van der Waals surface area contributed by atoms with Gasteiger partial charge in [-0.1, -0.05) is 11.6 Å². The number of hydrogen-bond donors (Lipinski definition) is 1. The molecule has 2 N–H and O–H groups in total. The van der Waals surface area contributed by atoms with Crippen LogP contribution >= 0.6 is 11.6 Å². The maximum absolute atomic E-state index is 11.4. The van der Waals surface area contributed by atoms with Gasteiger partial charge in [-0.3, -0.25) is 4.79 Å². The Kier molecular flexibility index (Phi) is 3.44. The first-order valence-corrected chi connectivity index (χ1v) is 6.97. The molecule has 2 aromatic rings. The molecule has 0 saturated carbocycles. The molecule has 0 bridgehead atoms. The second kappa shape index (κ2) is 5.25. The van der Waals surface area contributed by atoms with E-state index in [2.05, 4.69) is 14.9 Å². The minimum absolute atomic E-state index is 0.110. The Hall–Kier alpha value is -1.88. The van der Waals surface area contributed by atoms with Crippen LogP contribution in [-0.2, 0) is 4.79 Å². The molecule has 1 amide bonds. The third kappa shape index (κ3) is 2.41. The highest BCUT2D eigenvalue weighted by atomic mass is 35.5. The standard InChI is InChI=1S/C14H15ClN4O/c15-10-3-4-11-12(6-10)17-8-18-14(11)19-5-1-2-9(7-19)13(16)20/h3-4,6,8-9H,1-2,5,7H2,(H2,16,20)/t9-/m1/s1. The minimum atomic E-state index is -0.240. The second-order valence-electron chi connectivity index (χ2n) is 5.05. The van der Waals surface area contributed by atoms with E-state index in [1.54, 1.807) is 0 Å². The van der Waals surface area contributed by atoms with Gasteiger partial charge in [0.2, 0.25) is 5.91 Å². The topological polar surface area (TPSA) is 72.1 Å². The van der Waals surface area contributed by atoms with Gasteiger partial charge < -0.3 is 10.6 Å². The van der Waals surface area contributed by atoms with Gasteiger partial charge in [0.15, 0.2) is 0 Å². The summed E-state index contributed by atoms with van der Waals surface area (Å²) >= 11 is 5.99. The zero-order valence-electron chi connectivity index (χ0n) is 10.9. The first-order chi connectivity index (χ1) is 9.65. The summed E-state index contributed by atoms with van der Waals surface area (Å²) in [6.07, 6.45) is 3.31. The molecule has 20 heavy (non-hydrogen) atoms. The summed E-state index contributed by atoms with van der Waals surface area (Å²) in [4.78, 5) is 22.1. The Morgan fingerprint density at radius 2 is 2.25 bits per heavy atom. The molecule has 1 atom stereocenters. The van der Waals surface area contributed by atoms with Crippen molar-refractivity contribution in [3.63, 3.8) is 0 Å². The average Bonchev–Trinajstić information content (AvgIpc) is 2.46. The van der Waals surface area contributed by atoms with Crippen LogP contribution in [0.4, 0.5) is 5.82 Å². The van der Waals surface area contributed by atoms with Crippen LogP contribution in [0.3, 0.4) is 0 Å². The molecule has 0 radical (unpaired) electrons. The van der Waals surface area contributed by atoms with E-state index in [0.717, 1.165) is 36.1 Å². The van der Waals surface area contributed by atoms with E-state index < -0.39 is 0 Å². The highest BCUT2D eigenvalue weighted by Crippen LogP contribution is 2.28. The maximum atomic E-state index is 11.4. The van der Waals surface area contributed by atoms with Gasteiger partial charge in [0.1, 0.15) is 12.1 Å². The van der Waals surface area contributed by atoms with Crippen LogP contribution < -0.4 is 10.6 Å². The molecule has 104 valence electrons. The van der Waals surface area contributed by atoms with E-state index in [9.17, 15) is 4.79 Å². The van der Waals surface area contributed by atoms with E-state index >= 15 is 0 Å². The Morgan fingerprint density at radius 3 is 3.05 bits per heavy atom. The number of hydrogen-bond acceptors (Lipinski definition) is 4. The molecule has 1 aliphatic heterocycles. The average molecular weight is 291 g/mol. The van der Waals surface area contributed by atoms with Gasteiger partial charge in [0, 0.05) is 23.5 Å². The zero-order chi connectivity index (χ0) is 14.1. The lowest BCUT2D eigenvalue weighted by atomic mass is 9.97. The van der Waals surface area contributed by atoms with Crippen LogP contribution in [0.2, 0.25) is 5.02 Å². The number of amides is 1. The summed E-state index contributed by atoms with van der Waals surface area (Å²) in [5, 5.41) is 1.60. The lowest BCUT2D eigenvalue weighted by molar-refractivity contribution is -0.122. The van der Waals surface area contributed by atoms with Crippen molar-refractivity contribution < 1.29 is 4.79 Å². The number of aromatic nitrogens is 2. The first kappa shape index (κ1) is 13.1. The Balaban J connectivity index is 1.99. The number of primary amides is 1. The summed E-state index contributed by atoms with van der Waals surface area (Å²) in [5.41, 5.74) is 6.23. The third-order valence-corrected chi connectivity index (χ3v) is 3.94. The van der Waals surface area contributed by atoms with E-state index in [4.69, 9.17) is 17.3 Å². The summed E-state index contributed by atoms with van der Waals surface area (Å²) in [7, 11) is 0. The zero-order valence-corrected chi connectivity index (χ0v) is 11.7. The fourth-order valence-corrected chi connectivity index (χ4v) is 2.84. The van der Waals surface area contributed by atoms with Crippen molar-refractivity contribution in [2.24, 2.45) is 11.7 Å². The van der Waals surface area contributed by atoms with Crippen LogP contribution in [0.5, 0.6) is 0 Å². The largest absolute Gasteiger partial charge is 0.369 e. The molecule has 1 aromatic carbocycles. The van der Waals surface area contributed by atoms with Gasteiger partial charge in [-0.15, -0.1) is 0 Å². The van der Waals surface area contributed by atoms with Gasteiger partial charge in [0.25, 0.3) is 0 Å². The quantitative estimate of drug-likeness (QED) is 0.918. The maximum Gasteiger partial charge on any atom is 0.222 e. The summed E-state index contributed by atoms with van der Waals surface area (Å²) in [6.45, 7) is 1.49. The van der Waals surface area contributed by atoms with E-state index in [0.29, 0.717) is 11.6 Å². The number of halogens is 1. The predicted octanol–water partition coefficient (Wildman–Crippen LogP) is 1.98. The number of carbonyl (C=O) groups excluding carboxylic acids is 1. The first-order valence-electron chi connectivity index (χ1n) is 6.59. The summed E-state index contributed by atoms with van der Waals surface area (Å²) in [5.74, 6) is 0.495. The lowest BCUT2D eigenvalue weighted by Gasteiger charge is -2.32.